The fourth-order valence-corrected chi connectivity index (χ4v) is 1.49. The summed E-state index contributed by atoms with van der Waals surface area (Å²) in [6, 6.07) is 0. The minimum absolute atomic E-state index is 0.251. The highest BCUT2D eigenvalue weighted by molar-refractivity contribution is 6.55. The van der Waals surface area contributed by atoms with E-state index in [2.05, 4.69) is 6.58 Å². The average molecular weight is 186 g/mol. The lowest BCUT2D eigenvalue weighted by molar-refractivity contribution is 0.585. The lowest BCUT2D eigenvalue weighted by Crippen LogP contribution is -2.02. The summed E-state index contributed by atoms with van der Waals surface area (Å²) in [5.41, 5.74) is -0.251. The average Bonchev–Trinajstić information content (AvgIpc) is 2.19. The van der Waals surface area contributed by atoms with Crippen LogP contribution in [0.5, 0.6) is 0 Å². The molecule has 2 atom stereocenters. The quantitative estimate of drug-likeness (QED) is 0.276. The lowest BCUT2D eigenvalue weighted by Gasteiger charge is -1.94. The minimum Gasteiger partial charge on any atom is -0.246 e. The van der Waals surface area contributed by atoms with Crippen molar-refractivity contribution in [3.05, 3.63) is 12.7 Å². The summed E-state index contributed by atoms with van der Waals surface area (Å²) in [5, 5.41) is 0. The maximum absolute atomic E-state index is 5.65. The standard InChI is InChI=1S/C5H6Cl3N/c1-2-3-9-4(6)5(9,7)8/h2,4H,1,3H2. The van der Waals surface area contributed by atoms with E-state index in [-0.39, 0.29) is 5.50 Å². The van der Waals surface area contributed by atoms with Gasteiger partial charge in [-0.25, -0.2) is 4.90 Å². The Morgan fingerprint density at radius 3 is 2.22 bits per heavy atom. The molecule has 0 saturated carbocycles. The highest BCUT2D eigenvalue weighted by atomic mass is 35.5. The van der Waals surface area contributed by atoms with Crippen LogP contribution in [0, 0.1) is 0 Å². The van der Waals surface area contributed by atoms with Gasteiger partial charge in [0.1, 0.15) is 5.50 Å². The van der Waals surface area contributed by atoms with E-state index in [4.69, 9.17) is 34.8 Å². The largest absolute Gasteiger partial charge is 0.246 e. The van der Waals surface area contributed by atoms with Crippen molar-refractivity contribution in [3.8, 4) is 0 Å². The van der Waals surface area contributed by atoms with Crippen LogP contribution in [0.1, 0.15) is 0 Å². The first kappa shape index (κ1) is 7.67. The third kappa shape index (κ3) is 1.20. The van der Waals surface area contributed by atoms with Crippen molar-refractivity contribution in [3.63, 3.8) is 0 Å². The summed E-state index contributed by atoms with van der Waals surface area (Å²) >= 11 is 16.9. The van der Waals surface area contributed by atoms with Crippen molar-refractivity contribution in [2.75, 3.05) is 6.54 Å². The first-order valence-corrected chi connectivity index (χ1v) is 3.69. The summed E-state index contributed by atoms with van der Waals surface area (Å²) in [6.45, 7) is 4.16. The van der Waals surface area contributed by atoms with Crippen LogP contribution in [-0.4, -0.2) is 21.4 Å². The van der Waals surface area contributed by atoms with Gasteiger partial charge >= 0.3 is 0 Å². The van der Waals surface area contributed by atoms with Crippen LogP contribution in [0.3, 0.4) is 0 Å². The molecule has 1 fully saturated rings. The molecule has 9 heavy (non-hydrogen) atoms. The number of alkyl halides is 3. The molecule has 0 bridgehead atoms. The van der Waals surface area contributed by atoms with Gasteiger partial charge in [0, 0.05) is 6.54 Å². The number of rotatable bonds is 2. The molecule has 0 radical (unpaired) electrons. The van der Waals surface area contributed by atoms with E-state index in [9.17, 15) is 0 Å². The van der Waals surface area contributed by atoms with E-state index in [1.54, 1.807) is 11.0 Å². The van der Waals surface area contributed by atoms with Gasteiger partial charge in [0.25, 0.3) is 0 Å². The first-order chi connectivity index (χ1) is 4.10. The van der Waals surface area contributed by atoms with Gasteiger partial charge in [-0.15, -0.1) is 18.2 Å². The molecule has 1 aliphatic rings. The number of nitrogens with zero attached hydrogens (tertiary/aromatic N) is 1. The van der Waals surface area contributed by atoms with Crippen LogP contribution in [0.25, 0.3) is 0 Å². The topological polar surface area (TPSA) is 3.01 Å². The normalized spacial score (nSPS) is 38.1. The molecular formula is C5H6Cl3N. The molecule has 2 unspecified atom stereocenters. The third-order valence-corrected chi connectivity index (χ3v) is 2.82. The third-order valence-electron chi connectivity index (χ3n) is 1.20. The van der Waals surface area contributed by atoms with E-state index in [0.717, 1.165) is 0 Å². The van der Waals surface area contributed by atoms with Gasteiger partial charge in [-0.1, -0.05) is 29.3 Å². The molecule has 0 aromatic heterocycles. The SMILES string of the molecule is C=CCN1C(Cl)C1(Cl)Cl. The van der Waals surface area contributed by atoms with E-state index in [1.807, 2.05) is 0 Å². The Morgan fingerprint density at radius 2 is 2.11 bits per heavy atom. The van der Waals surface area contributed by atoms with Gasteiger partial charge < -0.3 is 0 Å². The van der Waals surface area contributed by atoms with Crippen LogP contribution in [0.4, 0.5) is 0 Å². The van der Waals surface area contributed by atoms with Crippen LogP contribution >= 0.6 is 34.8 Å². The Kier molecular flexibility index (Phi) is 1.97. The summed E-state index contributed by atoms with van der Waals surface area (Å²) in [5.74, 6) is 0. The highest BCUT2D eigenvalue weighted by Crippen LogP contribution is 2.50. The van der Waals surface area contributed by atoms with Gasteiger partial charge in [-0.2, -0.15) is 0 Å². The fraction of sp³-hybridized carbons (Fsp3) is 0.600. The first-order valence-electron chi connectivity index (χ1n) is 2.50. The van der Waals surface area contributed by atoms with Crippen LogP contribution in [0.2, 0.25) is 0 Å². The molecular weight excluding hydrogens is 180 g/mol. The van der Waals surface area contributed by atoms with Crippen molar-refractivity contribution in [1.29, 1.82) is 0 Å². The van der Waals surface area contributed by atoms with Crippen molar-refractivity contribution in [2.45, 2.75) is 9.96 Å². The van der Waals surface area contributed by atoms with Gasteiger partial charge in [0.05, 0.1) is 0 Å². The van der Waals surface area contributed by atoms with E-state index in [0.29, 0.717) is 6.54 Å². The maximum Gasteiger partial charge on any atom is 0.202 e. The van der Waals surface area contributed by atoms with Crippen molar-refractivity contribution < 1.29 is 0 Å². The second-order valence-electron chi connectivity index (χ2n) is 1.86. The molecule has 0 N–H and O–H groups in total. The van der Waals surface area contributed by atoms with Gasteiger partial charge in [0.2, 0.25) is 4.46 Å². The molecule has 1 saturated heterocycles. The van der Waals surface area contributed by atoms with Gasteiger partial charge in [0.15, 0.2) is 0 Å². The van der Waals surface area contributed by atoms with Crippen LogP contribution < -0.4 is 0 Å². The molecule has 0 aliphatic carbocycles. The zero-order valence-corrected chi connectivity index (χ0v) is 6.92. The van der Waals surface area contributed by atoms with Crippen LogP contribution in [0.15, 0.2) is 12.7 Å². The molecule has 0 aromatic rings. The van der Waals surface area contributed by atoms with Crippen molar-refractivity contribution >= 4 is 34.8 Å². The summed E-state index contributed by atoms with van der Waals surface area (Å²) in [4.78, 5) is 1.71. The molecule has 0 aromatic carbocycles. The van der Waals surface area contributed by atoms with Gasteiger partial charge in [-0.05, 0) is 0 Å². The Hall–Kier alpha value is 0.570. The molecule has 0 spiro atoms. The fourth-order valence-electron chi connectivity index (χ4n) is 0.612. The van der Waals surface area contributed by atoms with Gasteiger partial charge in [-0.3, -0.25) is 0 Å². The molecule has 1 rings (SSSR count). The molecule has 1 heterocycles. The monoisotopic (exact) mass is 185 g/mol. The molecule has 52 valence electrons. The smallest absolute Gasteiger partial charge is 0.202 e. The van der Waals surface area contributed by atoms with E-state index >= 15 is 0 Å². The summed E-state index contributed by atoms with van der Waals surface area (Å²) in [7, 11) is 0. The number of hydrogen-bond acceptors (Lipinski definition) is 1. The summed E-state index contributed by atoms with van der Waals surface area (Å²) in [6.07, 6.45) is 1.71. The van der Waals surface area contributed by atoms with Crippen LogP contribution in [-0.2, 0) is 0 Å². The second-order valence-corrected chi connectivity index (χ2v) is 3.62. The summed E-state index contributed by atoms with van der Waals surface area (Å²) < 4.78 is -0.851. The van der Waals surface area contributed by atoms with Crippen molar-refractivity contribution in [1.82, 2.24) is 4.90 Å². The molecule has 4 heteroatoms. The highest BCUT2D eigenvalue weighted by Gasteiger charge is 2.59. The zero-order chi connectivity index (χ0) is 7.07. The molecule has 1 aliphatic heterocycles. The van der Waals surface area contributed by atoms with Crippen molar-refractivity contribution in [2.24, 2.45) is 0 Å². The molecule has 1 nitrogen and oxygen atoms in total. The minimum atomic E-state index is -0.851. The lowest BCUT2D eigenvalue weighted by atomic mass is 10.6. The van der Waals surface area contributed by atoms with E-state index in [1.165, 1.54) is 0 Å². The predicted molar refractivity (Wildman–Crippen MR) is 41.0 cm³/mol. The predicted octanol–water partition coefficient (Wildman–Crippen LogP) is 2.18. The number of halogens is 3. The van der Waals surface area contributed by atoms with E-state index < -0.39 is 4.46 Å². The number of hydrogen-bond donors (Lipinski definition) is 0. The maximum atomic E-state index is 5.65. The molecule has 0 amide bonds. The Labute approximate surface area is 69.2 Å². The Balaban J connectivity index is 2.42. The zero-order valence-electron chi connectivity index (χ0n) is 4.65. The second kappa shape index (κ2) is 2.31. The Morgan fingerprint density at radius 1 is 1.67 bits per heavy atom. The Bertz CT molecular complexity index is 134.